The van der Waals surface area contributed by atoms with Gasteiger partial charge in [0.15, 0.2) is 0 Å². The van der Waals surface area contributed by atoms with Crippen LogP contribution < -0.4 is 5.30 Å². The Morgan fingerprint density at radius 1 is 0.542 bits per heavy atom. The van der Waals surface area contributed by atoms with Crippen molar-refractivity contribution in [3.05, 3.63) is 102 Å². The van der Waals surface area contributed by atoms with Crippen LogP contribution in [0.4, 0.5) is 0 Å². The van der Waals surface area contributed by atoms with Gasteiger partial charge in [-0.1, -0.05) is 105 Å². The number of rotatable bonds is 3. The molecule has 3 atom stereocenters. The van der Waals surface area contributed by atoms with Crippen LogP contribution in [0.3, 0.4) is 0 Å². The lowest BCUT2D eigenvalue weighted by atomic mass is 10.0. The maximum absolute atomic E-state index is 2.35. The summed E-state index contributed by atoms with van der Waals surface area (Å²) in [6.45, 7) is 0. The second kappa shape index (κ2) is 7.32. The Morgan fingerprint density at radius 3 is 1.42 bits per heavy atom. The molecule has 24 heavy (non-hydrogen) atoms. The van der Waals surface area contributed by atoms with E-state index in [1.54, 1.807) is 5.30 Å². The average Bonchev–Trinajstić information content (AvgIpc) is 2.69. The van der Waals surface area contributed by atoms with Crippen LogP contribution in [0.1, 0.15) is 41.7 Å². The summed E-state index contributed by atoms with van der Waals surface area (Å²) in [6, 6.07) is 33.6. The zero-order chi connectivity index (χ0) is 16.2. The molecule has 0 amide bonds. The molecule has 120 valence electrons. The maximum Gasteiger partial charge on any atom is 0.00874 e. The quantitative estimate of drug-likeness (QED) is 0.483. The molecule has 1 aliphatic rings. The van der Waals surface area contributed by atoms with Crippen LogP contribution in [0.15, 0.2) is 91.0 Å². The predicted molar refractivity (Wildman–Crippen MR) is 105 cm³/mol. The summed E-state index contributed by atoms with van der Waals surface area (Å²) < 4.78 is 0. The highest BCUT2D eigenvalue weighted by molar-refractivity contribution is 7.66. The highest BCUT2D eigenvalue weighted by atomic mass is 31.1. The van der Waals surface area contributed by atoms with Crippen LogP contribution in [0, 0.1) is 0 Å². The molecule has 2 unspecified atom stereocenters. The first-order chi connectivity index (χ1) is 11.9. The van der Waals surface area contributed by atoms with Crippen LogP contribution in [0.2, 0.25) is 0 Å². The Hall–Kier alpha value is -1.91. The molecule has 0 aromatic heterocycles. The number of hydrogen-bond acceptors (Lipinski definition) is 0. The molecule has 0 nitrogen and oxygen atoms in total. The van der Waals surface area contributed by atoms with Gasteiger partial charge in [-0.05, 0) is 29.3 Å². The fraction of sp³-hybridized carbons (Fsp3) is 0.217. The molecule has 0 saturated carbocycles. The molecule has 3 aromatic carbocycles. The molecule has 0 spiro atoms. The minimum atomic E-state index is -0.246. The molecule has 1 heteroatoms. The highest BCUT2D eigenvalue weighted by Crippen LogP contribution is 2.66. The van der Waals surface area contributed by atoms with E-state index in [0.717, 1.165) is 0 Å². The van der Waals surface area contributed by atoms with Crippen molar-refractivity contribution in [2.24, 2.45) is 0 Å². The van der Waals surface area contributed by atoms with Crippen LogP contribution in [-0.2, 0) is 0 Å². The Labute approximate surface area is 146 Å². The van der Waals surface area contributed by atoms with Crippen LogP contribution in [0.25, 0.3) is 0 Å². The first-order valence-corrected chi connectivity index (χ1v) is 10.3. The number of hydrogen-bond donors (Lipinski definition) is 0. The molecule has 1 heterocycles. The normalized spacial score (nSPS) is 23.8. The third-order valence-electron chi connectivity index (χ3n) is 5.05. The van der Waals surface area contributed by atoms with Gasteiger partial charge in [-0.2, -0.15) is 0 Å². The largest absolute Gasteiger partial charge is 0.0622 e. The fourth-order valence-electron chi connectivity index (χ4n) is 3.96. The Balaban J connectivity index is 1.79. The van der Waals surface area contributed by atoms with Crippen molar-refractivity contribution in [3.8, 4) is 0 Å². The van der Waals surface area contributed by atoms with Gasteiger partial charge in [0.05, 0.1) is 0 Å². The summed E-state index contributed by atoms with van der Waals surface area (Å²) in [7, 11) is -0.246. The second-order valence-corrected chi connectivity index (χ2v) is 9.10. The molecule has 1 aliphatic heterocycles. The van der Waals surface area contributed by atoms with Crippen molar-refractivity contribution >= 4 is 13.2 Å². The maximum atomic E-state index is 2.35. The van der Waals surface area contributed by atoms with E-state index in [1.165, 1.54) is 30.4 Å². The van der Waals surface area contributed by atoms with Crippen molar-refractivity contribution in [2.45, 2.75) is 30.6 Å². The van der Waals surface area contributed by atoms with Crippen molar-refractivity contribution in [3.63, 3.8) is 0 Å². The summed E-state index contributed by atoms with van der Waals surface area (Å²) in [4.78, 5) is 0. The summed E-state index contributed by atoms with van der Waals surface area (Å²) in [5.41, 5.74) is 4.38. The standard InChI is InChI=1S/C23H23P/c1-4-11-19(12-5-1)22-17-10-18-23(20-13-6-2-7-14-20)24(22)21-15-8-3-9-16-21/h1-9,11-16,22-23H,10,17-18H2/t22-,23?,24?/m1/s1. The SMILES string of the molecule is c1ccc(C2CCC[C@H](c3ccccc3)P2c2ccccc2)cc1. The highest BCUT2D eigenvalue weighted by Gasteiger charge is 2.35. The van der Waals surface area contributed by atoms with Gasteiger partial charge < -0.3 is 0 Å². The zero-order valence-electron chi connectivity index (χ0n) is 13.9. The van der Waals surface area contributed by atoms with E-state index in [9.17, 15) is 0 Å². The lowest BCUT2D eigenvalue weighted by molar-refractivity contribution is 0.616. The second-order valence-electron chi connectivity index (χ2n) is 6.53. The van der Waals surface area contributed by atoms with Gasteiger partial charge in [-0.25, -0.2) is 0 Å². The summed E-state index contributed by atoms with van der Waals surface area (Å²) in [5, 5.41) is 1.55. The molecule has 1 saturated heterocycles. The Morgan fingerprint density at radius 2 is 0.958 bits per heavy atom. The zero-order valence-corrected chi connectivity index (χ0v) is 14.8. The molecule has 0 N–H and O–H groups in total. The van der Waals surface area contributed by atoms with Crippen molar-refractivity contribution in [1.29, 1.82) is 0 Å². The van der Waals surface area contributed by atoms with Gasteiger partial charge in [0.25, 0.3) is 0 Å². The van der Waals surface area contributed by atoms with E-state index in [0.29, 0.717) is 11.3 Å². The van der Waals surface area contributed by atoms with Crippen molar-refractivity contribution < 1.29 is 0 Å². The van der Waals surface area contributed by atoms with Gasteiger partial charge in [0.2, 0.25) is 0 Å². The van der Waals surface area contributed by atoms with E-state index in [-0.39, 0.29) is 7.92 Å². The third-order valence-corrected chi connectivity index (χ3v) is 8.40. The smallest absolute Gasteiger partial charge is 0.00874 e. The summed E-state index contributed by atoms with van der Waals surface area (Å²) in [6.07, 6.45) is 3.95. The minimum absolute atomic E-state index is 0.246. The summed E-state index contributed by atoms with van der Waals surface area (Å²) in [5.74, 6) is 0. The molecule has 0 bridgehead atoms. The fourth-order valence-corrected chi connectivity index (χ4v) is 7.54. The van der Waals surface area contributed by atoms with Crippen LogP contribution in [0.5, 0.6) is 0 Å². The lowest BCUT2D eigenvalue weighted by Gasteiger charge is -2.40. The van der Waals surface area contributed by atoms with Gasteiger partial charge in [-0.3, -0.25) is 0 Å². The minimum Gasteiger partial charge on any atom is -0.0622 e. The molecule has 3 aromatic rings. The van der Waals surface area contributed by atoms with Gasteiger partial charge in [0.1, 0.15) is 0 Å². The van der Waals surface area contributed by atoms with E-state index in [2.05, 4.69) is 91.0 Å². The first-order valence-electron chi connectivity index (χ1n) is 8.87. The average molecular weight is 330 g/mol. The molecular formula is C23H23P. The Kier molecular flexibility index (Phi) is 4.76. The van der Waals surface area contributed by atoms with E-state index in [4.69, 9.17) is 0 Å². The van der Waals surface area contributed by atoms with Crippen LogP contribution >= 0.6 is 7.92 Å². The van der Waals surface area contributed by atoms with E-state index in [1.807, 2.05) is 0 Å². The van der Waals surface area contributed by atoms with Crippen molar-refractivity contribution in [2.75, 3.05) is 0 Å². The predicted octanol–water partition coefficient (Wildman–Crippen LogP) is 6.46. The van der Waals surface area contributed by atoms with Gasteiger partial charge in [-0.15, -0.1) is 0 Å². The van der Waals surface area contributed by atoms with E-state index < -0.39 is 0 Å². The molecule has 0 aliphatic carbocycles. The third kappa shape index (κ3) is 3.17. The van der Waals surface area contributed by atoms with Gasteiger partial charge in [0, 0.05) is 11.3 Å². The first kappa shape index (κ1) is 15.6. The molecule has 4 rings (SSSR count). The molecule has 1 fully saturated rings. The van der Waals surface area contributed by atoms with E-state index >= 15 is 0 Å². The van der Waals surface area contributed by atoms with Gasteiger partial charge >= 0.3 is 0 Å². The molecule has 0 radical (unpaired) electrons. The monoisotopic (exact) mass is 330 g/mol. The molecular weight excluding hydrogens is 307 g/mol. The topological polar surface area (TPSA) is 0 Å². The Bertz CT molecular complexity index is 704. The summed E-state index contributed by atoms with van der Waals surface area (Å²) >= 11 is 0. The number of benzene rings is 3. The van der Waals surface area contributed by atoms with Crippen molar-refractivity contribution in [1.82, 2.24) is 0 Å². The lowest BCUT2D eigenvalue weighted by Crippen LogP contribution is -2.18. The van der Waals surface area contributed by atoms with Crippen LogP contribution in [-0.4, -0.2) is 0 Å².